The molecule has 0 fully saturated rings. The Labute approximate surface area is 290 Å². The van der Waals surface area contributed by atoms with E-state index in [0.717, 1.165) is 55.5 Å². The Hall–Kier alpha value is -6.00. The van der Waals surface area contributed by atoms with Gasteiger partial charge < -0.3 is 0 Å². The van der Waals surface area contributed by atoms with E-state index in [1.54, 1.807) is 0 Å². The van der Waals surface area contributed by atoms with Crippen LogP contribution in [0.1, 0.15) is 49.9 Å². The maximum Gasteiger partial charge on any atom is 0.166 e. The lowest BCUT2D eigenvalue weighted by molar-refractivity contribution is 0.660. The van der Waals surface area contributed by atoms with Crippen molar-refractivity contribution in [2.45, 2.75) is 38.5 Å². The Morgan fingerprint density at radius 3 is 1.28 bits per heavy atom. The minimum atomic E-state index is -0.104. The third-order valence-corrected chi connectivity index (χ3v) is 11.7. The van der Waals surface area contributed by atoms with Crippen LogP contribution in [0, 0.1) is 0 Å². The molecule has 0 bridgehead atoms. The fourth-order valence-corrected chi connectivity index (χ4v) is 9.24. The summed E-state index contributed by atoms with van der Waals surface area (Å²) in [6.07, 6.45) is 0. The Morgan fingerprint density at radius 2 is 0.800 bits per heavy atom. The summed E-state index contributed by atoms with van der Waals surface area (Å²) in [6, 6.07) is 48.7. The van der Waals surface area contributed by atoms with Crippen LogP contribution in [-0.2, 0) is 10.8 Å². The Kier molecular flexibility index (Phi) is 5.23. The predicted octanol–water partition coefficient (Wildman–Crippen LogP) is 11.3. The van der Waals surface area contributed by atoms with E-state index >= 15 is 0 Å². The molecule has 3 heterocycles. The van der Waals surface area contributed by atoms with E-state index in [1.807, 2.05) is 0 Å². The second-order valence-electron chi connectivity index (χ2n) is 15.1. The Morgan fingerprint density at radius 1 is 0.400 bits per heavy atom. The minimum Gasteiger partial charge on any atom is -0.292 e. The molecule has 50 heavy (non-hydrogen) atoms. The normalized spacial score (nSPS) is 15.1. The van der Waals surface area contributed by atoms with Crippen LogP contribution >= 0.6 is 0 Å². The van der Waals surface area contributed by atoms with Gasteiger partial charge in [0.25, 0.3) is 0 Å². The maximum absolute atomic E-state index is 5.61. The number of hydrogen-bond donors (Lipinski definition) is 0. The second kappa shape index (κ2) is 9.36. The van der Waals surface area contributed by atoms with Crippen molar-refractivity contribution in [2.75, 3.05) is 0 Å². The number of para-hydroxylation sites is 2. The van der Waals surface area contributed by atoms with Crippen molar-refractivity contribution in [3.05, 3.63) is 156 Å². The Bertz CT molecular complexity index is 2740. The average Bonchev–Trinajstić information content (AvgIpc) is 3.79. The van der Waals surface area contributed by atoms with Gasteiger partial charge in [-0.1, -0.05) is 125 Å². The number of rotatable bonds is 2. The molecule has 2 aliphatic rings. The molecule has 0 N–H and O–H groups in total. The lowest BCUT2D eigenvalue weighted by Crippen LogP contribution is -2.15. The zero-order chi connectivity index (χ0) is 33.5. The molecule has 9 aromatic rings. The molecule has 2 aliphatic carbocycles. The highest BCUT2D eigenvalue weighted by atomic mass is 15.1. The quantitative estimate of drug-likeness (QED) is 0.188. The summed E-state index contributed by atoms with van der Waals surface area (Å²) in [4.78, 5) is 11.1. The van der Waals surface area contributed by atoms with E-state index in [1.165, 1.54) is 44.5 Å². The van der Waals surface area contributed by atoms with Gasteiger partial charge in [-0.15, -0.1) is 0 Å². The molecule has 3 aromatic heterocycles. The van der Waals surface area contributed by atoms with Crippen LogP contribution in [0.25, 0.3) is 77.8 Å². The van der Waals surface area contributed by atoms with Crippen LogP contribution in [0.2, 0.25) is 0 Å². The van der Waals surface area contributed by atoms with Gasteiger partial charge in [-0.05, 0) is 80.9 Å². The molecule has 0 spiro atoms. The number of hydrogen-bond acceptors (Lipinski definition) is 2. The van der Waals surface area contributed by atoms with E-state index in [0.29, 0.717) is 0 Å². The first-order valence-electron chi connectivity index (χ1n) is 17.5. The van der Waals surface area contributed by atoms with Crippen molar-refractivity contribution in [3.63, 3.8) is 0 Å². The summed E-state index contributed by atoms with van der Waals surface area (Å²) >= 11 is 0. The number of aromatic nitrogens is 4. The van der Waals surface area contributed by atoms with Gasteiger partial charge in [0.1, 0.15) is 11.0 Å². The molecule has 4 heteroatoms. The molecule has 11 rings (SSSR count). The van der Waals surface area contributed by atoms with Crippen molar-refractivity contribution in [1.82, 2.24) is 19.1 Å². The first-order valence-corrected chi connectivity index (χ1v) is 17.5. The lowest BCUT2D eigenvalue weighted by Gasteiger charge is -2.22. The Balaban J connectivity index is 1.20. The van der Waals surface area contributed by atoms with Crippen molar-refractivity contribution < 1.29 is 0 Å². The molecule has 0 amide bonds. The van der Waals surface area contributed by atoms with Gasteiger partial charge in [0.15, 0.2) is 11.3 Å². The minimum absolute atomic E-state index is 0.104. The van der Waals surface area contributed by atoms with Crippen LogP contribution in [0.4, 0.5) is 0 Å². The third kappa shape index (κ3) is 3.40. The van der Waals surface area contributed by atoms with Gasteiger partial charge in [-0.3, -0.25) is 9.13 Å². The monoisotopic (exact) mass is 642 g/mol. The van der Waals surface area contributed by atoms with Crippen LogP contribution in [0.5, 0.6) is 0 Å². The molecule has 0 atom stereocenters. The summed E-state index contributed by atoms with van der Waals surface area (Å²) in [6.45, 7) is 9.36. The number of fused-ring (bicyclic) bond motifs is 12. The summed E-state index contributed by atoms with van der Waals surface area (Å²) in [5, 5.41) is 2.21. The molecule has 0 saturated carbocycles. The summed E-state index contributed by atoms with van der Waals surface area (Å²) < 4.78 is 4.64. The van der Waals surface area contributed by atoms with Gasteiger partial charge in [-0.2, -0.15) is 0 Å². The molecular weight excluding hydrogens is 609 g/mol. The van der Waals surface area contributed by atoms with Gasteiger partial charge in [0.2, 0.25) is 0 Å². The second-order valence-corrected chi connectivity index (χ2v) is 15.1. The van der Waals surface area contributed by atoms with Crippen molar-refractivity contribution in [1.29, 1.82) is 0 Å². The molecule has 0 unspecified atom stereocenters. The van der Waals surface area contributed by atoms with Gasteiger partial charge in [0, 0.05) is 33.0 Å². The maximum atomic E-state index is 5.61. The molecular formula is C46H34N4. The molecule has 0 saturated heterocycles. The van der Waals surface area contributed by atoms with E-state index < -0.39 is 0 Å². The molecule has 0 radical (unpaired) electrons. The van der Waals surface area contributed by atoms with Gasteiger partial charge >= 0.3 is 0 Å². The van der Waals surface area contributed by atoms with E-state index in [-0.39, 0.29) is 10.8 Å². The van der Waals surface area contributed by atoms with Crippen LogP contribution in [0.3, 0.4) is 0 Å². The fraction of sp³-hybridized carbons (Fsp3) is 0.130. The van der Waals surface area contributed by atoms with Crippen molar-refractivity contribution in [2.24, 2.45) is 0 Å². The smallest absolute Gasteiger partial charge is 0.166 e. The van der Waals surface area contributed by atoms with E-state index in [9.17, 15) is 0 Å². The van der Waals surface area contributed by atoms with Crippen molar-refractivity contribution >= 4 is 44.1 Å². The largest absolute Gasteiger partial charge is 0.292 e. The standard InChI is InChI=1S/C46H34N4/c1-45(2)35-17-9-5-13-29(35)31-23-21-27(25-37(31)45)49-39-19-11-7-15-33(39)41-43(49)48-44-42(47-41)34-16-8-12-20-40(34)50(44)28-22-24-32-30-14-6-10-18-36(30)46(3,4)38(32)26-28/h5-26H,1-4H3. The summed E-state index contributed by atoms with van der Waals surface area (Å²) in [5.74, 6) is 0. The highest BCUT2D eigenvalue weighted by Gasteiger charge is 2.37. The first-order chi connectivity index (χ1) is 24.3. The predicted molar refractivity (Wildman–Crippen MR) is 206 cm³/mol. The van der Waals surface area contributed by atoms with Crippen LogP contribution < -0.4 is 0 Å². The highest BCUT2D eigenvalue weighted by Crippen LogP contribution is 2.51. The summed E-state index contributed by atoms with van der Waals surface area (Å²) in [5.41, 5.74) is 18.5. The zero-order valence-corrected chi connectivity index (χ0v) is 28.5. The third-order valence-electron chi connectivity index (χ3n) is 11.7. The van der Waals surface area contributed by atoms with Gasteiger partial charge in [0.05, 0.1) is 11.0 Å². The first kappa shape index (κ1) is 27.9. The molecule has 4 nitrogen and oxygen atoms in total. The van der Waals surface area contributed by atoms with Crippen molar-refractivity contribution in [3.8, 4) is 33.6 Å². The molecule has 238 valence electrons. The fourth-order valence-electron chi connectivity index (χ4n) is 9.24. The zero-order valence-electron chi connectivity index (χ0n) is 28.5. The lowest BCUT2D eigenvalue weighted by atomic mass is 9.82. The average molecular weight is 643 g/mol. The summed E-state index contributed by atoms with van der Waals surface area (Å²) in [7, 11) is 0. The SMILES string of the molecule is CC1(C)c2ccccc2-c2ccc(-n3c4ccccc4c4nc5c6ccccc6n(-c6ccc7c(c6)C(C)(C)c6ccccc6-7)c5nc43)cc21. The topological polar surface area (TPSA) is 35.6 Å². The molecule has 6 aromatic carbocycles. The van der Waals surface area contributed by atoms with Crippen LogP contribution in [0.15, 0.2) is 133 Å². The van der Waals surface area contributed by atoms with Crippen LogP contribution in [-0.4, -0.2) is 19.1 Å². The van der Waals surface area contributed by atoms with Gasteiger partial charge in [-0.25, -0.2) is 9.97 Å². The molecule has 0 aliphatic heterocycles. The highest BCUT2D eigenvalue weighted by molar-refractivity contribution is 6.12. The van der Waals surface area contributed by atoms with E-state index in [4.69, 9.17) is 9.97 Å². The van der Waals surface area contributed by atoms with E-state index in [2.05, 4.69) is 170 Å². The number of benzene rings is 6. The number of nitrogens with zero attached hydrogens (tertiary/aromatic N) is 4.